The minimum Gasteiger partial charge on any atom is -0.349 e. The molecule has 1 amide bonds. The van der Waals surface area contributed by atoms with Crippen molar-refractivity contribution in [1.82, 2.24) is 15.1 Å². The second-order valence-electron chi connectivity index (χ2n) is 4.76. The van der Waals surface area contributed by atoms with E-state index in [2.05, 4.69) is 10.4 Å². The highest BCUT2D eigenvalue weighted by Crippen LogP contribution is 2.23. The summed E-state index contributed by atoms with van der Waals surface area (Å²) in [5.74, 6) is 0.382. The number of nitrogens with one attached hydrogen (secondary N) is 1. The van der Waals surface area contributed by atoms with Gasteiger partial charge in [0.25, 0.3) is 5.91 Å². The lowest BCUT2D eigenvalue weighted by atomic mass is 9.84. The van der Waals surface area contributed by atoms with Gasteiger partial charge in [0.1, 0.15) is 0 Å². The quantitative estimate of drug-likeness (QED) is 0.865. The van der Waals surface area contributed by atoms with Crippen LogP contribution in [0.5, 0.6) is 0 Å². The molecule has 1 heterocycles. The fourth-order valence-electron chi connectivity index (χ4n) is 2.47. The number of carbonyl (C=O) groups excluding carboxylic acids is 1. The average molecular weight is 273 g/mol. The Morgan fingerprint density at radius 2 is 2.28 bits per heavy atom. The molecular weight excluding hydrogens is 252 g/mol. The number of nitrogens with two attached hydrogens (primary N) is 1. The van der Waals surface area contributed by atoms with Gasteiger partial charge < -0.3 is 11.1 Å². The Labute approximate surface area is 114 Å². The minimum atomic E-state index is -0.0385. The van der Waals surface area contributed by atoms with Crippen molar-refractivity contribution >= 4 is 18.3 Å². The Morgan fingerprint density at radius 3 is 2.89 bits per heavy atom. The Hall–Kier alpha value is -1.07. The fourth-order valence-corrected chi connectivity index (χ4v) is 2.47. The van der Waals surface area contributed by atoms with Crippen molar-refractivity contribution in [1.29, 1.82) is 0 Å². The second kappa shape index (κ2) is 6.75. The predicted molar refractivity (Wildman–Crippen MR) is 72.7 cm³/mol. The standard InChI is InChI=1S/C12H20N4O.ClH/c1-16-8-10(7-14-16)12(17)15-11-5-3-2-4-9(11)6-13;/h7-9,11H,2-6,13H2,1H3,(H,15,17);1H. The molecule has 1 saturated carbocycles. The first-order valence-electron chi connectivity index (χ1n) is 6.20. The van der Waals surface area contributed by atoms with Gasteiger partial charge in [0.15, 0.2) is 0 Å². The molecule has 5 nitrogen and oxygen atoms in total. The summed E-state index contributed by atoms with van der Waals surface area (Å²) in [4.78, 5) is 12.0. The highest BCUT2D eigenvalue weighted by Gasteiger charge is 2.25. The summed E-state index contributed by atoms with van der Waals surface area (Å²) in [6.07, 6.45) is 7.88. The third-order valence-corrected chi connectivity index (χ3v) is 3.50. The summed E-state index contributed by atoms with van der Waals surface area (Å²) in [5, 5.41) is 7.08. The van der Waals surface area contributed by atoms with Gasteiger partial charge in [-0.25, -0.2) is 0 Å². The number of hydrogen-bond acceptors (Lipinski definition) is 3. The van der Waals surface area contributed by atoms with E-state index in [1.807, 2.05) is 0 Å². The van der Waals surface area contributed by atoms with E-state index in [-0.39, 0.29) is 24.4 Å². The number of rotatable bonds is 3. The molecule has 0 aromatic carbocycles. The van der Waals surface area contributed by atoms with Gasteiger partial charge in [-0.2, -0.15) is 5.10 Å². The lowest BCUT2D eigenvalue weighted by Gasteiger charge is -2.31. The van der Waals surface area contributed by atoms with E-state index in [0.717, 1.165) is 12.8 Å². The Bertz CT molecular complexity index is 393. The van der Waals surface area contributed by atoms with Crippen LogP contribution in [0.3, 0.4) is 0 Å². The van der Waals surface area contributed by atoms with Crippen molar-refractivity contribution in [2.45, 2.75) is 31.7 Å². The molecule has 2 rings (SSSR count). The number of halogens is 1. The van der Waals surface area contributed by atoms with Gasteiger partial charge in [-0.3, -0.25) is 9.48 Å². The lowest BCUT2D eigenvalue weighted by Crippen LogP contribution is -2.44. The van der Waals surface area contributed by atoms with Crippen LogP contribution in [0.1, 0.15) is 36.0 Å². The van der Waals surface area contributed by atoms with Crippen LogP contribution < -0.4 is 11.1 Å². The Kier molecular flexibility index (Phi) is 5.62. The van der Waals surface area contributed by atoms with Crippen LogP contribution in [0, 0.1) is 5.92 Å². The van der Waals surface area contributed by atoms with Gasteiger partial charge >= 0.3 is 0 Å². The first-order valence-corrected chi connectivity index (χ1v) is 6.20. The Morgan fingerprint density at radius 1 is 1.56 bits per heavy atom. The minimum absolute atomic E-state index is 0. The number of nitrogens with zero attached hydrogens (tertiary/aromatic N) is 2. The van der Waals surface area contributed by atoms with Crippen molar-refractivity contribution in [3.05, 3.63) is 18.0 Å². The van der Waals surface area contributed by atoms with Crippen LogP contribution in [0.2, 0.25) is 0 Å². The smallest absolute Gasteiger partial charge is 0.254 e. The molecule has 1 aromatic heterocycles. The van der Waals surface area contributed by atoms with Crippen LogP contribution >= 0.6 is 12.4 Å². The number of hydrogen-bond donors (Lipinski definition) is 2. The van der Waals surface area contributed by atoms with E-state index >= 15 is 0 Å². The van der Waals surface area contributed by atoms with Crippen LogP contribution in [0.4, 0.5) is 0 Å². The molecule has 0 aliphatic heterocycles. The summed E-state index contributed by atoms with van der Waals surface area (Å²) < 4.78 is 1.64. The molecule has 18 heavy (non-hydrogen) atoms. The van der Waals surface area contributed by atoms with Crippen molar-refractivity contribution in [2.24, 2.45) is 18.7 Å². The zero-order valence-corrected chi connectivity index (χ0v) is 11.4. The monoisotopic (exact) mass is 272 g/mol. The van der Waals surface area contributed by atoms with E-state index < -0.39 is 0 Å². The zero-order chi connectivity index (χ0) is 12.3. The normalized spacial score (nSPS) is 23.2. The van der Waals surface area contributed by atoms with Gasteiger partial charge in [0, 0.05) is 19.3 Å². The Balaban J connectivity index is 0.00000162. The molecule has 0 saturated heterocycles. The van der Waals surface area contributed by atoms with Gasteiger partial charge in [0.2, 0.25) is 0 Å². The van der Waals surface area contributed by atoms with Gasteiger partial charge in [-0.05, 0) is 25.3 Å². The van der Waals surface area contributed by atoms with Crippen LogP contribution in [-0.2, 0) is 7.05 Å². The largest absolute Gasteiger partial charge is 0.349 e. The van der Waals surface area contributed by atoms with E-state index in [1.54, 1.807) is 24.1 Å². The number of carbonyl (C=O) groups is 1. The molecule has 2 atom stereocenters. The molecule has 1 aliphatic rings. The SMILES string of the molecule is Cl.Cn1cc(C(=O)NC2CCCCC2CN)cn1. The third kappa shape index (κ3) is 3.46. The second-order valence-corrected chi connectivity index (χ2v) is 4.76. The van der Waals surface area contributed by atoms with Crippen molar-refractivity contribution in [3.63, 3.8) is 0 Å². The molecule has 0 radical (unpaired) electrons. The number of amides is 1. The average Bonchev–Trinajstić information content (AvgIpc) is 2.77. The molecule has 102 valence electrons. The molecule has 2 unspecified atom stereocenters. The predicted octanol–water partition coefficient (Wildman–Crippen LogP) is 1.09. The number of aromatic nitrogens is 2. The lowest BCUT2D eigenvalue weighted by molar-refractivity contribution is 0.0908. The summed E-state index contributed by atoms with van der Waals surface area (Å²) in [6.45, 7) is 0.651. The van der Waals surface area contributed by atoms with Crippen LogP contribution in [0.15, 0.2) is 12.4 Å². The van der Waals surface area contributed by atoms with Crippen molar-refractivity contribution in [2.75, 3.05) is 6.54 Å². The molecular formula is C12H21ClN4O. The van der Waals surface area contributed by atoms with E-state index in [1.165, 1.54) is 12.8 Å². The topological polar surface area (TPSA) is 72.9 Å². The molecule has 1 fully saturated rings. The van der Waals surface area contributed by atoms with Crippen molar-refractivity contribution in [3.8, 4) is 0 Å². The molecule has 6 heteroatoms. The maximum absolute atomic E-state index is 12.0. The summed E-state index contributed by atoms with van der Waals surface area (Å²) in [6, 6.07) is 0.224. The summed E-state index contributed by atoms with van der Waals surface area (Å²) in [7, 11) is 1.81. The zero-order valence-electron chi connectivity index (χ0n) is 10.6. The molecule has 3 N–H and O–H groups in total. The molecule has 1 aliphatic carbocycles. The first kappa shape index (κ1) is 15.0. The van der Waals surface area contributed by atoms with Crippen LogP contribution in [-0.4, -0.2) is 28.3 Å². The van der Waals surface area contributed by atoms with Gasteiger partial charge in [0.05, 0.1) is 11.8 Å². The summed E-state index contributed by atoms with van der Waals surface area (Å²) in [5.41, 5.74) is 6.36. The highest BCUT2D eigenvalue weighted by atomic mass is 35.5. The van der Waals surface area contributed by atoms with Crippen molar-refractivity contribution < 1.29 is 4.79 Å². The van der Waals surface area contributed by atoms with Gasteiger partial charge in [-0.1, -0.05) is 12.8 Å². The van der Waals surface area contributed by atoms with E-state index in [0.29, 0.717) is 18.0 Å². The first-order chi connectivity index (χ1) is 8.20. The molecule has 0 bridgehead atoms. The van der Waals surface area contributed by atoms with Crippen LogP contribution in [0.25, 0.3) is 0 Å². The van der Waals surface area contributed by atoms with Gasteiger partial charge in [-0.15, -0.1) is 12.4 Å². The third-order valence-electron chi connectivity index (χ3n) is 3.50. The van der Waals surface area contributed by atoms with E-state index in [9.17, 15) is 4.79 Å². The molecule has 0 spiro atoms. The number of aryl methyl sites for hydroxylation is 1. The maximum atomic E-state index is 12.0. The summed E-state index contributed by atoms with van der Waals surface area (Å²) >= 11 is 0. The molecule has 1 aromatic rings. The highest BCUT2D eigenvalue weighted by molar-refractivity contribution is 5.93. The van der Waals surface area contributed by atoms with E-state index in [4.69, 9.17) is 5.73 Å². The maximum Gasteiger partial charge on any atom is 0.254 e. The fraction of sp³-hybridized carbons (Fsp3) is 0.667.